The Morgan fingerprint density at radius 3 is 2.58 bits per heavy atom. The van der Waals surface area contributed by atoms with Gasteiger partial charge in [0.2, 0.25) is 0 Å². The van der Waals surface area contributed by atoms with Crippen LogP contribution in [0, 0.1) is 5.92 Å². The van der Waals surface area contributed by atoms with Crippen LogP contribution in [0.1, 0.15) is 13.3 Å². The maximum atomic E-state index is 12.9. The number of aliphatic hydroxyl groups is 1. The minimum Gasteiger partial charge on any atom is -0.394 e. The predicted octanol–water partition coefficient (Wildman–Crippen LogP) is 0.139. The third kappa shape index (κ3) is 1.18. The molecule has 1 rings (SSSR count). The highest BCUT2D eigenvalue weighted by atomic mass is 19.3. The first-order valence-corrected chi connectivity index (χ1v) is 3.83. The van der Waals surface area contributed by atoms with Crippen molar-refractivity contribution in [2.24, 2.45) is 5.92 Å². The molecule has 70 valence electrons. The van der Waals surface area contributed by atoms with Crippen molar-refractivity contribution in [3.63, 3.8) is 0 Å². The van der Waals surface area contributed by atoms with E-state index in [1.54, 1.807) is 6.92 Å². The molecule has 0 saturated carbocycles. The molecule has 0 bridgehead atoms. The quantitative estimate of drug-likeness (QED) is 0.633. The molecule has 1 heterocycles. The number of hydrogen-bond acceptors (Lipinski definition) is 2. The lowest BCUT2D eigenvalue weighted by atomic mass is 9.95. The molecule has 2 unspecified atom stereocenters. The molecule has 0 aromatic heterocycles. The van der Waals surface area contributed by atoms with E-state index in [9.17, 15) is 13.6 Å². The third-order valence-corrected chi connectivity index (χ3v) is 2.21. The van der Waals surface area contributed by atoms with Gasteiger partial charge in [-0.3, -0.25) is 4.79 Å². The average Bonchev–Trinajstić information content (AvgIpc) is 2.23. The standard InChI is InChI=1S/C7H11F2NO2/c1-2-4-5(3-11)10-6(12)7(4,8)9/h4-5,11H,2-3H2,1H3,(H,10,12). The number of hydrogen-bond donors (Lipinski definition) is 2. The van der Waals surface area contributed by atoms with Gasteiger partial charge >= 0.3 is 5.92 Å². The number of nitrogens with one attached hydrogen (secondary N) is 1. The molecule has 1 saturated heterocycles. The smallest absolute Gasteiger partial charge is 0.329 e. The summed E-state index contributed by atoms with van der Waals surface area (Å²) in [5, 5.41) is 10.7. The Hall–Kier alpha value is -0.710. The molecule has 1 aliphatic heterocycles. The summed E-state index contributed by atoms with van der Waals surface area (Å²) in [4.78, 5) is 10.7. The van der Waals surface area contributed by atoms with Crippen LogP contribution in [0.3, 0.4) is 0 Å². The van der Waals surface area contributed by atoms with E-state index in [-0.39, 0.29) is 6.42 Å². The Balaban J connectivity index is 2.83. The molecule has 0 aromatic carbocycles. The predicted molar refractivity (Wildman–Crippen MR) is 37.7 cm³/mol. The first-order valence-electron chi connectivity index (χ1n) is 3.83. The summed E-state index contributed by atoms with van der Waals surface area (Å²) in [6.45, 7) is 1.14. The first kappa shape index (κ1) is 9.38. The Morgan fingerprint density at radius 1 is 1.67 bits per heavy atom. The van der Waals surface area contributed by atoms with E-state index >= 15 is 0 Å². The monoisotopic (exact) mass is 179 g/mol. The second kappa shape index (κ2) is 2.97. The summed E-state index contributed by atoms with van der Waals surface area (Å²) in [6, 6.07) is -0.794. The van der Waals surface area contributed by atoms with E-state index in [1.807, 2.05) is 0 Å². The SMILES string of the molecule is CCC1C(CO)NC(=O)C1(F)F. The lowest BCUT2D eigenvalue weighted by molar-refractivity contribution is -0.144. The van der Waals surface area contributed by atoms with Crippen LogP contribution in [0.5, 0.6) is 0 Å². The van der Waals surface area contributed by atoms with Crippen molar-refractivity contribution in [1.29, 1.82) is 0 Å². The fourth-order valence-electron chi connectivity index (χ4n) is 1.50. The molecule has 2 atom stereocenters. The van der Waals surface area contributed by atoms with Crippen LogP contribution in [0.25, 0.3) is 0 Å². The zero-order valence-electron chi connectivity index (χ0n) is 6.68. The highest BCUT2D eigenvalue weighted by Gasteiger charge is 2.55. The van der Waals surface area contributed by atoms with Gasteiger partial charge in [0.05, 0.1) is 18.6 Å². The first-order chi connectivity index (χ1) is 5.54. The molecule has 12 heavy (non-hydrogen) atoms. The Labute approximate surface area is 68.8 Å². The van der Waals surface area contributed by atoms with E-state index in [1.165, 1.54) is 0 Å². The number of aliphatic hydroxyl groups excluding tert-OH is 1. The van der Waals surface area contributed by atoms with Crippen molar-refractivity contribution >= 4 is 5.91 Å². The van der Waals surface area contributed by atoms with Gasteiger partial charge in [0.25, 0.3) is 5.91 Å². The molecule has 0 spiro atoms. The molecule has 3 nitrogen and oxygen atoms in total. The summed E-state index contributed by atoms with van der Waals surface area (Å²) in [5.41, 5.74) is 0. The van der Waals surface area contributed by atoms with Crippen LogP contribution >= 0.6 is 0 Å². The normalized spacial score (nSPS) is 33.5. The minimum atomic E-state index is -3.32. The number of amides is 1. The zero-order chi connectivity index (χ0) is 9.35. The summed E-state index contributed by atoms with van der Waals surface area (Å²) >= 11 is 0. The molecular formula is C7H11F2NO2. The van der Waals surface area contributed by atoms with E-state index in [0.717, 1.165) is 0 Å². The number of carbonyl (C=O) groups is 1. The van der Waals surface area contributed by atoms with Gasteiger partial charge in [-0.15, -0.1) is 0 Å². The van der Waals surface area contributed by atoms with Crippen LogP contribution in [-0.4, -0.2) is 29.6 Å². The van der Waals surface area contributed by atoms with Gasteiger partial charge in [-0.05, 0) is 6.42 Å². The molecular weight excluding hydrogens is 168 g/mol. The summed E-state index contributed by atoms with van der Waals surface area (Å²) in [5.74, 6) is -5.66. The maximum absolute atomic E-state index is 12.9. The van der Waals surface area contributed by atoms with Crippen molar-refractivity contribution in [3.05, 3.63) is 0 Å². The van der Waals surface area contributed by atoms with Crippen LogP contribution in [-0.2, 0) is 4.79 Å². The Kier molecular flexibility index (Phi) is 2.32. The number of carbonyl (C=O) groups excluding carboxylic acids is 1. The van der Waals surface area contributed by atoms with Gasteiger partial charge in [0, 0.05) is 0 Å². The molecule has 2 N–H and O–H groups in total. The molecule has 1 aliphatic rings. The van der Waals surface area contributed by atoms with Gasteiger partial charge in [-0.25, -0.2) is 0 Å². The minimum absolute atomic E-state index is 0.178. The van der Waals surface area contributed by atoms with Gasteiger partial charge in [-0.1, -0.05) is 6.92 Å². The fourth-order valence-corrected chi connectivity index (χ4v) is 1.50. The van der Waals surface area contributed by atoms with Crippen molar-refractivity contribution in [2.45, 2.75) is 25.3 Å². The van der Waals surface area contributed by atoms with Gasteiger partial charge in [0.15, 0.2) is 0 Å². The zero-order valence-corrected chi connectivity index (χ0v) is 6.68. The molecule has 1 amide bonds. The van der Waals surface area contributed by atoms with Gasteiger partial charge < -0.3 is 10.4 Å². The maximum Gasteiger partial charge on any atom is 0.329 e. The topological polar surface area (TPSA) is 49.3 Å². The molecule has 5 heteroatoms. The molecule has 0 aliphatic carbocycles. The van der Waals surface area contributed by atoms with Crippen molar-refractivity contribution in [1.82, 2.24) is 5.32 Å². The largest absolute Gasteiger partial charge is 0.394 e. The fraction of sp³-hybridized carbons (Fsp3) is 0.857. The molecule has 0 aromatic rings. The number of rotatable bonds is 2. The van der Waals surface area contributed by atoms with Crippen molar-refractivity contribution < 1.29 is 18.7 Å². The second-order valence-electron chi connectivity index (χ2n) is 2.90. The van der Waals surface area contributed by atoms with Crippen molar-refractivity contribution in [2.75, 3.05) is 6.61 Å². The third-order valence-electron chi connectivity index (χ3n) is 2.21. The lowest BCUT2D eigenvalue weighted by Crippen LogP contribution is -2.33. The van der Waals surface area contributed by atoms with Crippen LogP contribution in [0.4, 0.5) is 8.78 Å². The Morgan fingerprint density at radius 2 is 2.25 bits per heavy atom. The van der Waals surface area contributed by atoms with Gasteiger partial charge in [-0.2, -0.15) is 8.78 Å². The highest BCUT2D eigenvalue weighted by molar-refractivity contribution is 5.86. The van der Waals surface area contributed by atoms with E-state index < -0.39 is 30.4 Å². The lowest BCUT2D eigenvalue weighted by Gasteiger charge is -2.17. The molecule has 0 radical (unpaired) electrons. The molecule has 1 fully saturated rings. The van der Waals surface area contributed by atoms with Gasteiger partial charge in [0.1, 0.15) is 0 Å². The Bertz CT molecular complexity index is 196. The summed E-state index contributed by atoms with van der Waals surface area (Å²) < 4.78 is 25.8. The van der Waals surface area contributed by atoms with E-state index in [2.05, 4.69) is 5.32 Å². The van der Waals surface area contributed by atoms with Crippen LogP contribution in [0.15, 0.2) is 0 Å². The number of halogens is 2. The van der Waals surface area contributed by atoms with E-state index in [0.29, 0.717) is 0 Å². The summed E-state index contributed by atoms with van der Waals surface area (Å²) in [7, 11) is 0. The second-order valence-corrected chi connectivity index (χ2v) is 2.90. The highest BCUT2D eigenvalue weighted by Crippen LogP contribution is 2.35. The van der Waals surface area contributed by atoms with Crippen LogP contribution < -0.4 is 5.32 Å². The summed E-state index contributed by atoms with van der Waals surface area (Å²) in [6.07, 6.45) is 0.178. The van der Waals surface area contributed by atoms with Crippen LogP contribution in [0.2, 0.25) is 0 Å². The van der Waals surface area contributed by atoms with E-state index in [4.69, 9.17) is 5.11 Å². The average molecular weight is 179 g/mol. The van der Waals surface area contributed by atoms with Crippen molar-refractivity contribution in [3.8, 4) is 0 Å². The number of alkyl halides is 2.